The molecule has 0 bridgehead atoms. The van der Waals surface area contributed by atoms with Crippen molar-refractivity contribution in [3.63, 3.8) is 0 Å². The molecule has 3 aromatic heterocycles. The Labute approximate surface area is 568 Å². The lowest BCUT2D eigenvalue weighted by Gasteiger charge is -2.35. The zero-order chi connectivity index (χ0) is 65.9. The average Bonchev–Trinajstić information content (AvgIpc) is 0.796. The van der Waals surface area contributed by atoms with E-state index in [-0.39, 0.29) is 28.8 Å². The minimum atomic E-state index is -1.72. The number of aliphatic hydroxyl groups is 1. The van der Waals surface area contributed by atoms with Crippen molar-refractivity contribution in [3.8, 4) is 22.3 Å². The Morgan fingerprint density at radius 1 is 0.538 bits per heavy atom. The fraction of sp³-hybridized carbons (Fsp3) is 0.250. The molecular weight excluding hydrogens is 1380 g/mol. The van der Waals surface area contributed by atoms with Gasteiger partial charge in [0.2, 0.25) is 11.1 Å². The van der Waals surface area contributed by atoms with Crippen molar-refractivity contribution in [2.24, 2.45) is 0 Å². The summed E-state index contributed by atoms with van der Waals surface area (Å²) in [6, 6.07) is 23.7. The summed E-state index contributed by atoms with van der Waals surface area (Å²) in [5.41, 5.74) is 3.32. The Kier molecular flexibility index (Phi) is 27.7. The van der Waals surface area contributed by atoms with E-state index in [1.54, 1.807) is 66.7 Å². The van der Waals surface area contributed by atoms with Crippen molar-refractivity contribution in [2.75, 3.05) is 73.7 Å². The zero-order valence-corrected chi connectivity index (χ0v) is 55.8. The van der Waals surface area contributed by atoms with Crippen molar-refractivity contribution >= 4 is 171 Å². The summed E-state index contributed by atoms with van der Waals surface area (Å²) in [6.07, 6.45) is 14.1. The molecule has 3 fully saturated rings. The first kappa shape index (κ1) is 72.0. The number of piperazine rings is 1. The van der Waals surface area contributed by atoms with Crippen LogP contribution in [0.1, 0.15) is 45.4 Å². The van der Waals surface area contributed by atoms with Crippen LogP contribution in [0.5, 0.6) is 0 Å². The summed E-state index contributed by atoms with van der Waals surface area (Å²) in [5, 5.41) is 29.0. The Hall–Kier alpha value is -6.40. The van der Waals surface area contributed by atoms with Gasteiger partial charge in [0.1, 0.15) is 53.9 Å². The number of aromatic nitrogens is 6. The lowest BCUT2D eigenvalue weighted by molar-refractivity contribution is -0.126. The molecule has 0 aliphatic carbocycles. The highest BCUT2D eigenvalue weighted by Crippen LogP contribution is 2.45. The van der Waals surface area contributed by atoms with Crippen molar-refractivity contribution in [2.45, 2.75) is 45.4 Å². The number of carbonyl (C=O) groups is 2. The number of halogens is 11. The molecule has 9 aromatic rings. The normalized spacial score (nSPS) is 13.6. The highest BCUT2D eigenvalue weighted by Gasteiger charge is 2.26. The van der Waals surface area contributed by atoms with Gasteiger partial charge in [-0.05, 0) is 122 Å². The lowest BCUT2D eigenvalue weighted by Crippen LogP contribution is -2.48. The Morgan fingerprint density at radius 2 is 0.890 bits per heavy atom. The predicted molar refractivity (Wildman–Crippen MR) is 368 cm³/mol. The smallest absolute Gasteiger partial charge is 0.423 e. The highest BCUT2D eigenvalue weighted by molar-refractivity contribution is 9.10. The molecule has 0 spiro atoms. The van der Waals surface area contributed by atoms with Crippen LogP contribution in [-0.4, -0.2) is 127 Å². The van der Waals surface area contributed by atoms with E-state index >= 15 is 0 Å². The largest absolute Gasteiger partial charge is 0.491 e. The summed E-state index contributed by atoms with van der Waals surface area (Å²) in [7, 11) is -1.72. The van der Waals surface area contributed by atoms with Gasteiger partial charge in [0.05, 0.1) is 51.2 Å². The van der Waals surface area contributed by atoms with Gasteiger partial charge in [0.15, 0.2) is 0 Å². The maximum atomic E-state index is 14.3. The van der Waals surface area contributed by atoms with Gasteiger partial charge < -0.3 is 34.8 Å². The molecule has 6 heterocycles. The van der Waals surface area contributed by atoms with Crippen LogP contribution >= 0.6 is 97.1 Å². The SMILES string of the molecule is C=CC(=O)Cl.C=CC(=O)N1CCN(c2ncnc3c(Cl)c(-c4ccccc4F)c(Cl)cc23)CC1.CCO.Clc1cc2c(N3CCCCC3)ncnc2c(Cl)c1Br.Fc1ccccc1-c1c(Cl)cc2c(N3CCCCC3)ncnc2c1Cl.OB(O)c1ccccc1F. The number of fused-ring (bicyclic) bond motifs is 3. The molecular formula is C64H60BBrCl7F3N10O5. The third-order valence-electron chi connectivity index (χ3n) is 14.4. The second-order valence-electron chi connectivity index (χ2n) is 20.2. The molecule has 0 radical (unpaired) electrons. The maximum absolute atomic E-state index is 14.3. The third-order valence-corrected chi connectivity index (χ3v) is 17.8. The second kappa shape index (κ2) is 35.0. The molecule has 15 nitrogen and oxygen atoms in total. The average molecular weight is 1450 g/mol. The quantitative estimate of drug-likeness (QED) is 0.0565. The standard InChI is InChI=1S/C21H17Cl2FN4O.C19H16Cl2FN3.C13H12BrCl2N3.C6H6BFO2.C3H3ClO.C2H6O/c1-2-17(29)27-7-9-28(10-8-27)21-14-11-15(22)18(13-5-3-4-6-16(13)24)19(23)20(14)25-12-26-21;20-14-10-13-18(17(21)16(14)12-6-2-3-7-15(12)22)23-11-24-19(13)25-8-4-1-5-9-25;14-10-9(15)6-8-12(11(10)16)17-7-18-13(8)19-4-2-1-3-5-19;8-6-4-2-1-3-5(6)7(9)10;1-2-3(4)5;1-2-3/h2-6,11-12H,1,7-10H2;2-3,6-7,10-11H,1,4-5,8-9H2;6-7H,1-5H2;1-4,9-10H;2H,1H2;3H,2H2,1H3. The minimum absolute atomic E-state index is 0.0854. The van der Waals surface area contributed by atoms with Crippen molar-refractivity contribution < 1.29 is 37.9 Å². The maximum Gasteiger partial charge on any atom is 0.491 e. The molecule has 27 heteroatoms. The lowest BCUT2D eigenvalue weighted by atomic mass is 9.80. The van der Waals surface area contributed by atoms with Crippen molar-refractivity contribution in [1.82, 2.24) is 34.8 Å². The van der Waals surface area contributed by atoms with Crippen LogP contribution in [0.15, 0.2) is 140 Å². The summed E-state index contributed by atoms with van der Waals surface area (Å²) >= 11 is 46.8. The topological polar surface area (TPSA) is 185 Å². The van der Waals surface area contributed by atoms with Gasteiger partial charge >= 0.3 is 7.12 Å². The predicted octanol–water partition coefficient (Wildman–Crippen LogP) is 15.4. The number of rotatable bonds is 8. The molecule has 12 rings (SSSR count). The van der Waals surface area contributed by atoms with E-state index < -0.39 is 24.0 Å². The fourth-order valence-corrected chi connectivity index (χ4v) is 12.3. The summed E-state index contributed by atoms with van der Waals surface area (Å²) in [5.74, 6) is 0.999. The van der Waals surface area contributed by atoms with Crippen LogP contribution in [0.25, 0.3) is 55.0 Å². The first-order valence-electron chi connectivity index (χ1n) is 28.5. The first-order valence-corrected chi connectivity index (χ1v) is 31.9. The monoisotopic (exact) mass is 1440 g/mol. The number of hydrogen-bond donors (Lipinski definition) is 3. The Bertz CT molecular complexity index is 4040. The summed E-state index contributed by atoms with van der Waals surface area (Å²) in [6.45, 7) is 14.8. The molecule has 0 atom stereocenters. The third kappa shape index (κ3) is 18.3. The second-order valence-corrected chi connectivity index (χ2v) is 23.7. The van der Waals surface area contributed by atoms with Crippen LogP contribution in [-0.2, 0) is 9.59 Å². The van der Waals surface area contributed by atoms with Gasteiger partial charge in [-0.15, -0.1) is 0 Å². The molecule has 0 unspecified atom stereocenters. The molecule has 91 heavy (non-hydrogen) atoms. The first-order chi connectivity index (χ1) is 43.8. The fourth-order valence-electron chi connectivity index (χ4n) is 10.1. The number of nitrogens with zero attached hydrogens (tertiary/aromatic N) is 10. The van der Waals surface area contributed by atoms with E-state index in [1.807, 2.05) is 6.07 Å². The van der Waals surface area contributed by atoms with Gasteiger partial charge in [-0.25, -0.2) is 43.1 Å². The van der Waals surface area contributed by atoms with E-state index in [1.165, 1.54) is 80.8 Å². The summed E-state index contributed by atoms with van der Waals surface area (Å²) < 4.78 is 41.8. The van der Waals surface area contributed by atoms with Crippen LogP contribution in [0.4, 0.5) is 30.6 Å². The molecule has 3 aliphatic rings. The number of piperidine rings is 2. The van der Waals surface area contributed by atoms with E-state index in [9.17, 15) is 22.8 Å². The number of benzene rings is 6. The van der Waals surface area contributed by atoms with Crippen LogP contribution in [0, 0.1) is 17.5 Å². The summed E-state index contributed by atoms with van der Waals surface area (Å²) in [4.78, 5) is 55.8. The molecule has 3 aliphatic heterocycles. The number of allylic oxidation sites excluding steroid dienone is 1. The highest BCUT2D eigenvalue weighted by atomic mass is 79.9. The number of carbonyl (C=O) groups excluding carboxylic acids is 2. The molecule has 6 aromatic carbocycles. The number of hydrogen-bond acceptors (Lipinski definition) is 14. The van der Waals surface area contributed by atoms with Crippen LogP contribution in [0.2, 0.25) is 30.1 Å². The number of amides is 1. The Balaban J connectivity index is 0.000000173. The van der Waals surface area contributed by atoms with Crippen LogP contribution in [0.3, 0.4) is 0 Å². The molecule has 0 saturated carbocycles. The number of aliphatic hydroxyl groups excluding tert-OH is 1. The van der Waals surface area contributed by atoms with Gasteiger partial charge in [0, 0.05) is 103 Å². The van der Waals surface area contributed by atoms with E-state index in [4.69, 9.17) is 96.4 Å². The van der Waals surface area contributed by atoms with Gasteiger partial charge in [-0.2, -0.15) is 0 Å². The van der Waals surface area contributed by atoms with Crippen LogP contribution < -0.4 is 20.2 Å². The molecule has 476 valence electrons. The van der Waals surface area contributed by atoms with Gasteiger partial charge in [-0.3, -0.25) is 9.59 Å². The van der Waals surface area contributed by atoms with Gasteiger partial charge in [-0.1, -0.05) is 137 Å². The van der Waals surface area contributed by atoms with E-state index in [2.05, 4.69) is 73.7 Å². The molecule has 3 N–H and O–H groups in total. The van der Waals surface area contributed by atoms with Crippen molar-refractivity contribution in [1.29, 1.82) is 0 Å². The van der Waals surface area contributed by atoms with E-state index in [0.29, 0.717) is 100 Å². The van der Waals surface area contributed by atoms with Crippen molar-refractivity contribution in [3.05, 3.63) is 187 Å². The minimum Gasteiger partial charge on any atom is -0.423 e. The zero-order valence-electron chi connectivity index (χ0n) is 48.9. The number of anilines is 3. The Morgan fingerprint density at radius 3 is 1.24 bits per heavy atom. The molecule has 1 amide bonds. The van der Waals surface area contributed by atoms with E-state index in [0.717, 1.165) is 73.0 Å². The van der Waals surface area contributed by atoms with Gasteiger partial charge in [0.25, 0.3) is 0 Å². The molecule has 3 saturated heterocycles.